The maximum Gasteiger partial charge on any atom is 0.274 e. The topological polar surface area (TPSA) is 133 Å². The van der Waals surface area contributed by atoms with Crippen molar-refractivity contribution in [2.24, 2.45) is 16.6 Å². The maximum atomic E-state index is 15.1. The SMILES string of the molecule is CC(C)(CF)NC(=O)[C@]12C[C@H]1[C@@](C)(c1cc(NC(=O)c3ccc(C#N)cn3)ccc1F)N=C(N)S2. The average Bonchev–Trinajstić information content (AvgIpc) is 3.57. The number of alkyl halides is 1. The molecule has 1 fully saturated rings. The molecule has 182 valence electrons. The standard InChI is InChI=1S/C24H24F2N6O2S/c1-22(2,12-25)31-20(34)24-9-18(24)23(3,32-21(28)35-24)15-8-14(5-6-16(15)26)30-19(33)17-7-4-13(10-27)11-29-17/h4-8,11,18H,9,12H2,1-3H3,(H2,28,32)(H,30,33)(H,31,34)/t18-,23+,24-/m0/s1. The zero-order valence-corrected chi connectivity index (χ0v) is 20.2. The first kappa shape index (κ1) is 24.6. The molecule has 35 heavy (non-hydrogen) atoms. The van der Waals surface area contributed by atoms with E-state index in [1.165, 1.54) is 36.5 Å². The zero-order valence-electron chi connectivity index (χ0n) is 19.4. The van der Waals surface area contributed by atoms with Crippen LogP contribution in [-0.4, -0.2) is 38.9 Å². The highest BCUT2D eigenvalue weighted by molar-refractivity contribution is 8.15. The maximum absolute atomic E-state index is 15.1. The third kappa shape index (κ3) is 4.46. The molecule has 0 bridgehead atoms. The van der Waals surface area contributed by atoms with Gasteiger partial charge in [0.25, 0.3) is 5.91 Å². The van der Waals surface area contributed by atoms with Gasteiger partial charge in [-0.15, -0.1) is 0 Å². The third-order valence-electron chi connectivity index (χ3n) is 6.28. The summed E-state index contributed by atoms with van der Waals surface area (Å²) in [5, 5.41) is 14.4. The second-order valence-corrected chi connectivity index (χ2v) is 10.9. The second-order valence-electron chi connectivity index (χ2n) is 9.51. The van der Waals surface area contributed by atoms with Gasteiger partial charge in [-0.05, 0) is 57.5 Å². The van der Waals surface area contributed by atoms with Gasteiger partial charge < -0.3 is 16.4 Å². The van der Waals surface area contributed by atoms with Gasteiger partial charge in [-0.1, -0.05) is 11.8 Å². The lowest BCUT2D eigenvalue weighted by atomic mass is 9.85. The Kier molecular flexibility index (Phi) is 6.05. The fourth-order valence-electron chi connectivity index (χ4n) is 4.30. The number of nitrogens with two attached hydrogens (primary N) is 1. The van der Waals surface area contributed by atoms with Crippen LogP contribution in [0.4, 0.5) is 14.5 Å². The zero-order chi connectivity index (χ0) is 25.6. The van der Waals surface area contributed by atoms with Crippen molar-refractivity contribution in [1.82, 2.24) is 10.3 Å². The highest BCUT2D eigenvalue weighted by Gasteiger charge is 2.71. The lowest BCUT2D eigenvalue weighted by Crippen LogP contribution is -2.52. The van der Waals surface area contributed by atoms with E-state index < -0.39 is 34.2 Å². The monoisotopic (exact) mass is 498 g/mol. The van der Waals surface area contributed by atoms with Gasteiger partial charge in [-0.3, -0.25) is 14.6 Å². The van der Waals surface area contributed by atoms with Crippen LogP contribution in [0.5, 0.6) is 0 Å². The molecule has 0 spiro atoms. The van der Waals surface area contributed by atoms with Crippen molar-refractivity contribution in [2.75, 3.05) is 12.0 Å². The summed E-state index contributed by atoms with van der Waals surface area (Å²) in [6, 6.07) is 8.90. The lowest BCUT2D eigenvalue weighted by molar-refractivity contribution is -0.123. The van der Waals surface area contributed by atoms with Crippen molar-refractivity contribution < 1.29 is 18.4 Å². The molecule has 0 unspecified atom stereocenters. The molecule has 2 aromatic rings. The molecule has 2 amide bonds. The van der Waals surface area contributed by atoms with Crippen LogP contribution in [0.2, 0.25) is 0 Å². The summed E-state index contributed by atoms with van der Waals surface area (Å²) in [5.41, 5.74) is 4.75. The minimum absolute atomic E-state index is 0.0887. The summed E-state index contributed by atoms with van der Waals surface area (Å²) in [6.07, 6.45) is 1.67. The number of halogens is 2. The normalized spacial score (nSPS) is 25.0. The van der Waals surface area contributed by atoms with Gasteiger partial charge in [0, 0.05) is 23.4 Å². The van der Waals surface area contributed by atoms with Crippen LogP contribution in [0.1, 0.15) is 48.8 Å². The van der Waals surface area contributed by atoms with Gasteiger partial charge >= 0.3 is 0 Å². The molecule has 8 nitrogen and oxygen atoms in total. The van der Waals surface area contributed by atoms with Crippen LogP contribution in [0.3, 0.4) is 0 Å². The van der Waals surface area contributed by atoms with E-state index in [0.717, 1.165) is 11.8 Å². The van der Waals surface area contributed by atoms with Crippen LogP contribution in [0.25, 0.3) is 0 Å². The number of nitriles is 1. The number of hydrogen-bond acceptors (Lipinski definition) is 7. The molecule has 2 aliphatic rings. The van der Waals surface area contributed by atoms with Gasteiger partial charge in [0.2, 0.25) is 5.91 Å². The lowest BCUT2D eigenvalue weighted by Gasteiger charge is -2.35. The first-order valence-electron chi connectivity index (χ1n) is 10.8. The number of anilines is 1. The number of rotatable bonds is 6. The van der Waals surface area contributed by atoms with E-state index in [4.69, 9.17) is 11.0 Å². The quantitative estimate of drug-likeness (QED) is 0.560. The molecular formula is C24H24F2N6O2S. The highest BCUT2D eigenvalue weighted by Crippen LogP contribution is 2.66. The van der Waals surface area contributed by atoms with Crippen molar-refractivity contribution in [1.29, 1.82) is 5.26 Å². The van der Waals surface area contributed by atoms with Crippen molar-refractivity contribution in [3.05, 3.63) is 59.2 Å². The number of amides is 2. The van der Waals surface area contributed by atoms with Crippen molar-refractivity contribution in [2.45, 2.75) is 43.0 Å². The molecule has 4 N–H and O–H groups in total. The van der Waals surface area contributed by atoms with E-state index in [2.05, 4.69) is 20.6 Å². The molecular weight excluding hydrogens is 474 g/mol. The van der Waals surface area contributed by atoms with Crippen LogP contribution in [-0.2, 0) is 10.3 Å². The van der Waals surface area contributed by atoms with Gasteiger partial charge in [0.05, 0.1) is 16.6 Å². The molecule has 0 radical (unpaired) electrons. The third-order valence-corrected chi connectivity index (χ3v) is 7.58. The van der Waals surface area contributed by atoms with E-state index in [1.807, 2.05) is 6.07 Å². The summed E-state index contributed by atoms with van der Waals surface area (Å²) < 4.78 is 27.4. The molecule has 1 aromatic carbocycles. The fraction of sp³-hybridized carbons (Fsp3) is 0.375. The summed E-state index contributed by atoms with van der Waals surface area (Å²) in [6.45, 7) is 4.12. The molecule has 1 saturated carbocycles. The first-order valence-corrected chi connectivity index (χ1v) is 11.7. The van der Waals surface area contributed by atoms with Gasteiger partial charge in [-0.2, -0.15) is 5.26 Å². The molecule has 4 rings (SSSR count). The molecule has 3 atom stereocenters. The Bertz CT molecular complexity index is 1280. The molecule has 0 saturated heterocycles. The van der Waals surface area contributed by atoms with Crippen molar-refractivity contribution >= 4 is 34.4 Å². The Labute approximate surface area is 205 Å². The summed E-state index contributed by atoms with van der Waals surface area (Å²) >= 11 is 1.11. The number of thioether (sulfide) groups is 1. The number of aliphatic imine (C=N–C) groups is 1. The predicted molar refractivity (Wildman–Crippen MR) is 129 cm³/mol. The number of nitrogens with one attached hydrogen (secondary N) is 2. The molecule has 11 heteroatoms. The number of hydrogen-bond donors (Lipinski definition) is 3. The molecule has 2 heterocycles. The number of nitrogens with zero attached hydrogens (tertiary/aromatic N) is 3. The van der Waals surface area contributed by atoms with Crippen molar-refractivity contribution in [3.63, 3.8) is 0 Å². The fourth-order valence-corrected chi connectivity index (χ4v) is 5.67. The van der Waals surface area contributed by atoms with E-state index in [0.29, 0.717) is 17.7 Å². The molecule has 1 aromatic heterocycles. The number of pyridine rings is 1. The number of amidine groups is 1. The van der Waals surface area contributed by atoms with E-state index in [-0.39, 0.29) is 28.3 Å². The van der Waals surface area contributed by atoms with Crippen LogP contribution in [0.15, 0.2) is 41.5 Å². The Balaban J connectivity index is 1.62. The largest absolute Gasteiger partial charge is 0.378 e. The predicted octanol–water partition coefficient (Wildman–Crippen LogP) is 3.24. The smallest absolute Gasteiger partial charge is 0.274 e. The van der Waals surface area contributed by atoms with Crippen molar-refractivity contribution in [3.8, 4) is 6.07 Å². The van der Waals surface area contributed by atoms with Gasteiger partial charge in [-0.25, -0.2) is 13.8 Å². The summed E-state index contributed by atoms with van der Waals surface area (Å²) in [4.78, 5) is 34.2. The minimum atomic E-state index is -1.18. The Morgan fingerprint density at radius 3 is 2.71 bits per heavy atom. The summed E-state index contributed by atoms with van der Waals surface area (Å²) in [5.74, 6) is -1.84. The van der Waals surface area contributed by atoms with E-state index >= 15 is 4.39 Å². The Hall–Kier alpha value is -3.52. The van der Waals surface area contributed by atoms with E-state index in [1.54, 1.807) is 20.8 Å². The van der Waals surface area contributed by atoms with Crippen LogP contribution in [0, 0.1) is 23.1 Å². The first-order chi connectivity index (χ1) is 16.4. The Morgan fingerprint density at radius 1 is 1.34 bits per heavy atom. The number of benzene rings is 1. The summed E-state index contributed by atoms with van der Waals surface area (Å²) in [7, 11) is 0. The van der Waals surface area contributed by atoms with Gasteiger partial charge in [0.1, 0.15) is 29.0 Å². The highest BCUT2D eigenvalue weighted by atomic mass is 32.2. The minimum Gasteiger partial charge on any atom is -0.378 e. The number of fused-ring (bicyclic) bond motifs is 1. The average molecular weight is 499 g/mol. The van der Waals surface area contributed by atoms with E-state index in [9.17, 15) is 14.0 Å². The Morgan fingerprint density at radius 2 is 2.09 bits per heavy atom. The number of carbonyl (C=O) groups is 2. The van der Waals surface area contributed by atoms with Gasteiger partial charge in [0.15, 0.2) is 5.17 Å². The van der Waals surface area contributed by atoms with Crippen LogP contribution < -0.4 is 16.4 Å². The number of carbonyl (C=O) groups excluding carboxylic acids is 2. The molecule has 1 aliphatic carbocycles. The van der Waals surface area contributed by atoms with Crippen LogP contribution >= 0.6 is 11.8 Å². The molecule has 1 aliphatic heterocycles. The second kappa shape index (κ2) is 8.61. The number of aromatic nitrogens is 1.